The predicted molar refractivity (Wildman–Crippen MR) is 138 cm³/mol. The lowest BCUT2D eigenvalue weighted by Crippen LogP contribution is -2.35. The Morgan fingerprint density at radius 1 is 1.15 bits per heavy atom. The van der Waals surface area contributed by atoms with E-state index >= 15 is 0 Å². The lowest BCUT2D eigenvalue weighted by Gasteiger charge is -2.26. The van der Waals surface area contributed by atoms with E-state index in [1.54, 1.807) is 0 Å². The number of ether oxygens (including phenoxy) is 1. The van der Waals surface area contributed by atoms with Crippen LogP contribution in [0.4, 0.5) is 25.0 Å². The Bertz CT molecular complexity index is 1430. The number of carbonyl (C=O) groups is 2. The molecule has 0 radical (unpaired) electrons. The van der Waals surface area contributed by atoms with Crippen LogP contribution < -0.4 is 10.6 Å². The van der Waals surface area contributed by atoms with Gasteiger partial charge in [-0.3, -0.25) is 10.00 Å². The largest absolute Gasteiger partial charge is 0.479 e. The number of halogens is 2. The number of urea groups is 1. The number of anilines is 2. The molecule has 0 saturated carbocycles. The summed E-state index contributed by atoms with van der Waals surface area (Å²) in [6.07, 6.45) is 0.161. The van der Waals surface area contributed by atoms with Crippen LogP contribution in [0.1, 0.15) is 12.5 Å². The molecule has 1 fully saturated rings. The number of aromatic nitrogens is 4. The van der Waals surface area contributed by atoms with Gasteiger partial charge in [-0.2, -0.15) is 5.10 Å². The van der Waals surface area contributed by atoms with Crippen molar-refractivity contribution >= 4 is 34.4 Å². The third-order valence-corrected chi connectivity index (χ3v) is 5.74. The van der Waals surface area contributed by atoms with E-state index in [4.69, 9.17) is 14.9 Å². The minimum absolute atomic E-state index is 0.303. The minimum Gasteiger partial charge on any atom is -0.479 e. The molecule has 0 bridgehead atoms. The van der Waals surface area contributed by atoms with E-state index in [9.17, 15) is 18.4 Å². The van der Waals surface area contributed by atoms with Crippen LogP contribution >= 0.6 is 0 Å². The molecule has 5 rings (SSSR count). The Labute approximate surface area is 221 Å². The number of amides is 2. The summed E-state index contributed by atoms with van der Waals surface area (Å²) < 4.78 is 33.0. The Balaban J connectivity index is 0.000000531. The van der Waals surface area contributed by atoms with Crippen LogP contribution in [0, 0.1) is 11.6 Å². The summed E-state index contributed by atoms with van der Waals surface area (Å²) in [5.41, 5.74) is 2.95. The van der Waals surface area contributed by atoms with Gasteiger partial charge in [0.2, 0.25) is 0 Å². The van der Waals surface area contributed by atoms with Crippen molar-refractivity contribution in [1.82, 2.24) is 25.1 Å². The zero-order valence-corrected chi connectivity index (χ0v) is 20.9. The van der Waals surface area contributed by atoms with Crippen molar-refractivity contribution in [3.8, 4) is 11.5 Å². The zero-order valence-electron chi connectivity index (χ0n) is 20.9. The molecule has 3 heterocycles. The van der Waals surface area contributed by atoms with E-state index in [-0.39, 0.29) is 0 Å². The molecule has 0 spiro atoms. The number of nitrogens with one attached hydrogen (secondary N) is 4. The van der Waals surface area contributed by atoms with Crippen LogP contribution in [-0.4, -0.2) is 79.7 Å². The highest BCUT2D eigenvalue weighted by Crippen LogP contribution is 2.27. The van der Waals surface area contributed by atoms with Crippen molar-refractivity contribution < 1.29 is 33.3 Å². The molecule has 2 amide bonds. The van der Waals surface area contributed by atoms with Gasteiger partial charge in [-0.05, 0) is 36.8 Å². The molecule has 39 heavy (non-hydrogen) atoms. The third kappa shape index (κ3) is 7.13. The fourth-order valence-corrected chi connectivity index (χ4v) is 3.74. The Morgan fingerprint density at radius 2 is 1.85 bits per heavy atom. The summed E-state index contributed by atoms with van der Waals surface area (Å²) in [6.45, 7) is 5.29. The number of H-pyrrole nitrogens is 2. The van der Waals surface area contributed by atoms with E-state index in [1.165, 1.54) is 19.2 Å². The number of aliphatic hydroxyl groups excluding tert-OH is 1. The average molecular weight is 544 g/mol. The quantitative estimate of drug-likeness (QED) is 0.216. The number of aliphatic carboxylic acids is 1. The highest BCUT2D eigenvalue weighted by molar-refractivity contribution is 6.01. The molecule has 6 N–H and O–H groups in total. The number of carboxylic acid groups (broad SMARTS) is 1. The number of morpholine rings is 1. The van der Waals surface area contributed by atoms with Gasteiger partial charge in [0.25, 0.3) is 0 Å². The molecule has 14 heteroatoms. The van der Waals surface area contributed by atoms with Crippen molar-refractivity contribution in [3.63, 3.8) is 0 Å². The SMILES string of the molecule is CC(O)C(=O)O.O=C(Nc1cn[nH]c1-c1nc2ccc(CN3CCOCC3)cc2[nH]1)Nc1c(F)cccc1F. The fourth-order valence-electron chi connectivity index (χ4n) is 3.74. The lowest BCUT2D eigenvalue weighted by atomic mass is 10.2. The van der Waals surface area contributed by atoms with Gasteiger partial charge >= 0.3 is 12.0 Å². The molecule has 1 aliphatic rings. The molecule has 206 valence electrons. The van der Waals surface area contributed by atoms with Gasteiger partial charge in [-0.25, -0.2) is 23.4 Å². The topological polar surface area (TPSA) is 168 Å². The molecule has 12 nitrogen and oxygen atoms in total. The van der Waals surface area contributed by atoms with Crippen molar-refractivity contribution in [2.45, 2.75) is 19.6 Å². The van der Waals surface area contributed by atoms with Gasteiger partial charge in [0, 0.05) is 19.6 Å². The average Bonchev–Trinajstić information content (AvgIpc) is 3.53. The van der Waals surface area contributed by atoms with Gasteiger partial charge < -0.3 is 30.6 Å². The lowest BCUT2D eigenvalue weighted by molar-refractivity contribution is -0.145. The normalized spacial score (nSPS) is 14.4. The number of aromatic amines is 2. The third-order valence-electron chi connectivity index (χ3n) is 5.74. The second kappa shape index (κ2) is 12.4. The number of imidazole rings is 1. The van der Waals surface area contributed by atoms with E-state index in [0.717, 1.165) is 61.6 Å². The number of carboxylic acids is 1. The van der Waals surface area contributed by atoms with Crippen LogP contribution in [0.3, 0.4) is 0 Å². The molecule has 2 aromatic carbocycles. The number of aliphatic hydroxyl groups is 1. The van der Waals surface area contributed by atoms with Crippen LogP contribution in [0.25, 0.3) is 22.6 Å². The maximum Gasteiger partial charge on any atom is 0.332 e. The molecule has 1 atom stereocenters. The molecular weight excluding hydrogens is 516 g/mol. The smallest absolute Gasteiger partial charge is 0.332 e. The van der Waals surface area contributed by atoms with Gasteiger partial charge in [-0.15, -0.1) is 0 Å². The molecule has 1 unspecified atom stereocenters. The van der Waals surface area contributed by atoms with Crippen LogP contribution in [-0.2, 0) is 16.1 Å². The zero-order chi connectivity index (χ0) is 27.9. The second-order valence-corrected chi connectivity index (χ2v) is 8.67. The number of para-hydroxylation sites is 1. The molecule has 0 aliphatic carbocycles. The number of carbonyl (C=O) groups excluding carboxylic acids is 1. The first-order valence-corrected chi connectivity index (χ1v) is 12.0. The van der Waals surface area contributed by atoms with Crippen LogP contribution in [0.15, 0.2) is 42.6 Å². The fraction of sp³-hybridized carbons (Fsp3) is 0.280. The first-order valence-electron chi connectivity index (χ1n) is 12.0. The van der Waals surface area contributed by atoms with E-state index in [1.807, 2.05) is 18.2 Å². The van der Waals surface area contributed by atoms with Gasteiger partial charge in [0.05, 0.1) is 36.1 Å². The summed E-state index contributed by atoms with van der Waals surface area (Å²) >= 11 is 0. The van der Waals surface area contributed by atoms with Crippen molar-refractivity contribution in [3.05, 3.63) is 59.8 Å². The number of nitrogens with zero attached hydrogens (tertiary/aromatic N) is 3. The number of rotatable bonds is 6. The summed E-state index contributed by atoms with van der Waals surface area (Å²) in [6, 6.07) is 8.53. The van der Waals surface area contributed by atoms with Crippen molar-refractivity contribution in [2.75, 3.05) is 36.9 Å². The van der Waals surface area contributed by atoms with Crippen LogP contribution in [0.5, 0.6) is 0 Å². The van der Waals surface area contributed by atoms with Gasteiger partial charge in [0.15, 0.2) is 5.82 Å². The standard InChI is InChI=1S/C22H21F2N7O2.C3H6O3/c23-14-2-1-3-15(24)19(14)29-22(32)28-18-11-25-30-20(18)21-26-16-5-4-13(10-17(16)27-21)12-31-6-8-33-9-7-31;1-2(4)3(5)6/h1-5,10-11H,6-9,12H2,(H,25,30)(H,26,27)(H2,28,29,32);2,4H,1H3,(H,5,6). The minimum atomic E-state index is -1.23. The number of fused-ring (bicyclic) bond motifs is 1. The Kier molecular flexibility index (Phi) is 8.81. The molecule has 4 aromatic rings. The van der Waals surface area contributed by atoms with Crippen molar-refractivity contribution in [1.29, 1.82) is 0 Å². The summed E-state index contributed by atoms with van der Waals surface area (Å²) in [5.74, 6) is -2.46. The van der Waals surface area contributed by atoms with E-state index in [0.29, 0.717) is 17.2 Å². The first-order chi connectivity index (χ1) is 18.7. The maximum absolute atomic E-state index is 13.8. The predicted octanol–water partition coefficient (Wildman–Crippen LogP) is 3.16. The molecule has 1 aliphatic heterocycles. The summed E-state index contributed by atoms with van der Waals surface area (Å²) in [4.78, 5) is 31.9. The van der Waals surface area contributed by atoms with Gasteiger partial charge in [0.1, 0.15) is 29.1 Å². The Morgan fingerprint density at radius 3 is 2.51 bits per heavy atom. The molecule has 2 aromatic heterocycles. The van der Waals surface area contributed by atoms with Crippen LogP contribution in [0.2, 0.25) is 0 Å². The molecular formula is C25H27F2N7O5. The highest BCUT2D eigenvalue weighted by atomic mass is 19.1. The number of benzene rings is 2. The molecule has 1 saturated heterocycles. The van der Waals surface area contributed by atoms with Gasteiger partial charge in [-0.1, -0.05) is 12.1 Å². The summed E-state index contributed by atoms with van der Waals surface area (Å²) in [5, 5.41) is 27.3. The highest BCUT2D eigenvalue weighted by Gasteiger charge is 2.17. The second-order valence-electron chi connectivity index (χ2n) is 8.67. The summed E-state index contributed by atoms with van der Waals surface area (Å²) in [7, 11) is 0. The maximum atomic E-state index is 13.8. The van der Waals surface area contributed by atoms with E-state index < -0.39 is 35.4 Å². The Hall–Kier alpha value is -4.40. The monoisotopic (exact) mass is 543 g/mol. The van der Waals surface area contributed by atoms with E-state index in [2.05, 4.69) is 35.7 Å². The number of hydrogen-bond donors (Lipinski definition) is 6. The van der Waals surface area contributed by atoms with Crippen molar-refractivity contribution in [2.24, 2.45) is 0 Å². The number of hydrogen-bond acceptors (Lipinski definition) is 7. The first kappa shape index (κ1) is 27.6.